The Balaban J connectivity index is 0.986. The third-order valence-electron chi connectivity index (χ3n) is 12.0. The average Bonchev–Trinajstić information content (AvgIpc) is 3.72. The Labute approximate surface area is 332 Å². The minimum Gasteiger partial charge on any atom is -0.310 e. The van der Waals surface area contributed by atoms with Crippen molar-refractivity contribution in [1.82, 2.24) is 9.55 Å². The van der Waals surface area contributed by atoms with Gasteiger partial charge in [0.25, 0.3) is 0 Å². The number of benzene rings is 8. The Morgan fingerprint density at radius 3 is 1.96 bits per heavy atom. The topological polar surface area (TPSA) is 21.1 Å². The SMILES string of the molecule is CC1(C)c2ccccc2-c2ccc(N(c3ccc(-c4cccc(-c5ccc6c7ccccc7n(-c7cccnc7)c6c5)c4)cc3)c3ccc4ccccc4c3)cc21. The lowest BCUT2D eigenvalue weighted by atomic mass is 9.82. The second-order valence-electron chi connectivity index (χ2n) is 15.7. The molecule has 0 saturated heterocycles. The molecule has 57 heavy (non-hydrogen) atoms. The van der Waals surface area contributed by atoms with Crippen LogP contribution in [0.25, 0.3) is 71.6 Å². The summed E-state index contributed by atoms with van der Waals surface area (Å²) in [6.45, 7) is 4.70. The summed E-state index contributed by atoms with van der Waals surface area (Å²) in [7, 11) is 0. The largest absolute Gasteiger partial charge is 0.310 e. The number of hydrogen-bond donors (Lipinski definition) is 0. The average molecular weight is 730 g/mol. The minimum atomic E-state index is -0.0915. The number of aromatic nitrogens is 2. The molecular weight excluding hydrogens is 691 g/mol. The number of nitrogens with zero attached hydrogens (tertiary/aromatic N) is 3. The summed E-state index contributed by atoms with van der Waals surface area (Å²) in [5.41, 5.74) is 16.8. The maximum Gasteiger partial charge on any atom is 0.0645 e. The van der Waals surface area contributed by atoms with E-state index >= 15 is 0 Å². The van der Waals surface area contributed by atoms with Gasteiger partial charge < -0.3 is 9.47 Å². The molecule has 8 aromatic carbocycles. The molecule has 0 bridgehead atoms. The summed E-state index contributed by atoms with van der Waals surface area (Å²) < 4.78 is 2.33. The Morgan fingerprint density at radius 2 is 1.11 bits per heavy atom. The highest BCUT2D eigenvalue weighted by Gasteiger charge is 2.35. The van der Waals surface area contributed by atoms with E-state index in [2.05, 4.69) is 210 Å². The lowest BCUT2D eigenvalue weighted by molar-refractivity contribution is 0.660. The van der Waals surface area contributed by atoms with Crippen LogP contribution in [0.1, 0.15) is 25.0 Å². The van der Waals surface area contributed by atoms with E-state index in [1.165, 1.54) is 77.1 Å². The fourth-order valence-electron chi connectivity index (χ4n) is 9.19. The summed E-state index contributed by atoms with van der Waals surface area (Å²) in [6, 6.07) is 68.8. The third kappa shape index (κ3) is 5.38. The lowest BCUT2D eigenvalue weighted by Crippen LogP contribution is -2.16. The predicted octanol–water partition coefficient (Wildman–Crippen LogP) is 14.4. The standard InChI is InChI=1S/C54H39N3/c1-54(2)50-18-7-5-16-46(50)47-29-27-44(34-51(47)54)56(43-26-22-36-11-3-4-12-40(36)32-43)42-24-20-37(21-25-42)38-13-9-14-39(31-38)41-23-28-49-48-17-6-8-19-52(48)57(53(49)33-41)45-15-10-30-55-35-45/h3-35H,1-2H3. The Bertz CT molecular complexity index is 3150. The molecule has 1 aliphatic rings. The first kappa shape index (κ1) is 33.1. The number of hydrogen-bond acceptors (Lipinski definition) is 2. The summed E-state index contributed by atoms with van der Waals surface area (Å²) in [6.07, 6.45) is 3.77. The van der Waals surface area contributed by atoms with Crippen LogP contribution in [0, 0.1) is 0 Å². The monoisotopic (exact) mass is 729 g/mol. The molecule has 0 fully saturated rings. The molecule has 270 valence electrons. The van der Waals surface area contributed by atoms with E-state index in [9.17, 15) is 0 Å². The molecule has 0 spiro atoms. The van der Waals surface area contributed by atoms with Gasteiger partial charge in [-0.15, -0.1) is 0 Å². The smallest absolute Gasteiger partial charge is 0.0645 e. The van der Waals surface area contributed by atoms with Crippen molar-refractivity contribution in [2.24, 2.45) is 0 Å². The fraction of sp³-hybridized carbons (Fsp3) is 0.0556. The minimum absolute atomic E-state index is 0.0915. The molecule has 1 aliphatic carbocycles. The van der Waals surface area contributed by atoms with Gasteiger partial charge >= 0.3 is 0 Å². The molecule has 11 rings (SSSR count). The summed E-state index contributed by atoms with van der Waals surface area (Å²) >= 11 is 0. The van der Waals surface area contributed by atoms with E-state index in [0.717, 1.165) is 22.7 Å². The van der Waals surface area contributed by atoms with Crippen LogP contribution in [0.3, 0.4) is 0 Å². The second kappa shape index (κ2) is 12.9. The van der Waals surface area contributed by atoms with Crippen molar-refractivity contribution in [2.75, 3.05) is 4.90 Å². The van der Waals surface area contributed by atoms with Crippen molar-refractivity contribution >= 4 is 49.6 Å². The van der Waals surface area contributed by atoms with Crippen molar-refractivity contribution in [2.45, 2.75) is 19.3 Å². The number of para-hydroxylation sites is 1. The van der Waals surface area contributed by atoms with Crippen LogP contribution in [0.5, 0.6) is 0 Å². The van der Waals surface area contributed by atoms with Crippen LogP contribution >= 0.6 is 0 Å². The molecule has 0 N–H and O–H groups in total. The zero-order chi connectivity index (χ0) is 38.1. The number of pyridine rings is 1. The van der Waals surface area contributed by atoms with E-state index in [4.69, 9.17) is 0 Å². The highest BCUT2D eigenvalue weighted by Crippen LogP contribution is 2.51. The first-order chi connectivity index (χ1) is 28.0. The van der Waals surface area contributed by atoms with Crippen molar-refractivity contribution in [3.05, 3.63) is 212 Å². The Kier molecular flexibility index (Phi) is 7.52. The molecule has 3 nitrogen and oxygen atoms in total. The van der Waals surface area contributed by atoms with E-state index < -0.39 is 0 Å². The van der Waals surface area contributed by atoms with Gasteiger partial charge in [-0.2, -0.15) is 0 Å². The van der Waals surface area contributed by atoms with Gasteiger partial charge in [0, 0.05) is 39.4 Å². The van der Waals surface area contributed by atoms with E-state index in [-0.39, 0.29) is 5.41 Å². The molecule has 2 aromatic heterocycles. The maximum atomic E-state index is 4.45. The van der Waals surface area contributed by atoms with Gasteiger partial charge in [-0.1, -0.05) is 135 Å². The van der Waals surface area contributed by atoms with Crippen molar-refractivity contribution in [3.8, 4) is 39.1 Å². The fourth-order valence-corrected chi connectivity index (χ4v) is 9.19. The van der Waals surface area contributed by atoms with Crippen LogP contribution in [-0.4, -0.2) is 9.55 Å². The van der Waals surface area contributed by atoms with Crippen molar-refractivity contribution in [1.29, 1.82) is 0 Å². The van der Waals surface area contributed by atoms with Gasteiger partial charge in [0.2, 0.25) is 0 Å². The molecule has 0 radical (unpaired) electrons. The van der Waals surface area contributed by atoms with E-state index in [1.54, 1.807) is 0 Å². The van der Waals surface area contributed by atoms with Gasteiger partial charge in [0.15, 0.2) is 0 Å². The van der Waals surface area contributed by atoms with Crippen molar-refractivity contribution < 1.29 is 0 Å². The quantitative estimate of drug-likeness (QED) is 0.170. The second-order valence-corrected chi connectivity index (χ2v) is 15.7. The lowest BCUT2D eigenvalue weighted by Gasteiger charge is -2.28. The molecule has 0 amide bonds. The normalized spacial score (nSPS) is 12.9. The van der Waals surface area contributed by atoms with E-state index in [1.807, 2.05) is 18.5 Å². The number of anilines is 3. The van der Waals surface area contributed by atoms with Crippen LogP contribution in [0.15, 0.2) is 200 Å². The van der Waals surface area contributed by atoms with Gasteiger partial charge in [-0.25, -0.2) is 0 Å². The molecule has 10 aromatic rings. The molecule has 0 saturated carbocycles. The summed E-state index contributed by atoms with van der Waals surface area (Å²) in [5, 5.41) is 4.93. The summed E-state index contributed by atoms with van der Waals surface area (Å²) in [5.74, 6) is 0. The maximum absolute atomic E-state index is 4.45. The highest BCUT2D eigenvalue weighted by molar-refractivity contribution is 6.10. The Hall–Kier alpha value is -7.23. The zero-order valence-electron chi connectivity index (χ0n) is 31.9. The molecule has 3 heteroatoms. The Morgan fingerprint density at radius 1 is 0.439 bits per heavy atom. The molecule has 0 atom stereocenters. The molecule has 2 heterocycles. The summed E-state index contributed by atoms with van der Waals surface area (Å²) in [4.78, 5) is 6.85. The third-order valence-corrected chi connectivity index (χ3v) is 12.0. The van der Waals surface area contributed by atoms with Crippen LogP contribution in [0.4, 0.5) is 17.1 Å². The predicted molar refractivity (Wildman–Crippen MR) is 239 cm³/mol. The van der Waals surface area contributed by atoms with Crippen LogP contribution < -0.4 is 4.90 Å². The van der Waals surface area contributed by atoms with Crippen LogP contribution in [-0.2, 0) is 5.41 Å². The molecule has 0 unspecified atom stereocenters. The number of rotatable bonds is 6. The molecular formula is C54H39N3. The van der Waals surface area contributed by atoms with Crippen LogP contribution in [0.2, 0.25) is 0 Å². The van der Waals surface area contributed by atoms with Crippen molar-refractivity contribution in [3.63, 3.8) is 0 Å². The van der Waals surface area contributed by atoms with Gasteiger partial charge in [0.1, 0.15) is 0 Å². The number of fused-ring (bicyclic) bond motifs is 7. The zero-order valence-corrected chi connectivity index (χ0v) is 31.9. The van der Waals surface area contributed by atoms with Gasteiger partial charge in [-0.3, -0.25) is 4.98 Å². The van der Waals surface area contributed by atoms with Gasteiger partial charge in [-0.05, 0) is 122 Å². The molecule has 0 aliphatic heterocycles. The first-order valence-corrected chi connectivity index (χ1v) is 19.7. The van der Waals surface area contributed by atoms with Gasteiger partial charge in [0.05, 0.1) is 22.9 Å². The highest BCUT2D eigenvalue weighted by atomic mass is 15.1. The van der Waals surface area contributed by atoms with E-state index in [0.29, 0.717) is 0 Å². The first-order valence-electron chi connectivity index (χ1n) is 19.7.